The first kappa shape index (κ1) is 6.92. The van der Waals surface area contributed by atoms with Crippen LogP contribution in [-0.2, 0) is 9.53 Å². The van der Waals surface area contributed by atoms with Gasteiger partial charge in [-0.05, 0) is 12.0 Å². The highest BCUT2D eigenvalue weighted by Crippen LogP contribution is 2.27. The summed E-state index contributed by atoms with van der Waals surface area (Å²) in [6.07, 6.45) is 4.54. The summed E-state index contributed by atoms with van der Waals surface area (Å²) in [5, 5.41) is -0.0422. The van der Waals surface area contributed by atoms with E-state index in [-0.39, 0.29) is 11.3 Å². The average molecular weight is 171 g/mol. The molecule has 1 unspecified atom stereocenters. The van der Waals surface area contributed by atoms with Gasteiger partial charge >= 0.3 is 5.97 Å². The molecule has 1 saturated heterocycles. The van der Waals surface area contributed by atoms with Crippen LogP contribution >= 0.6 is 11.6 Å². The molecule has 0 radical (unpaired) electrons. The summed E-state index contributed by atoms with van der Waals surface area (Å²) in [6, 6.07) is 0. The number of halogens is 1. The van der Waals surface area contributed by atoms with Crippen molar-refractivity contribution in [2.24, 2.45) is 0 Å². The molecule has 2 rings (SSSR count). The van der Waals surface area contributed by atoms with Crippen LogP contribution in [0.15, 0.2) is 23.3 Å². The maximum atomic E-state index is 11.0. The Hall–Kier alpha value is -0.760. The number of fused-ring (bicyclic) bond motifs is 1. The summed E-state index contributed by atoms with van der Waals surface area (Å²) in [6.45, 7) is 0.425. The molecule has 11 heavy (non-hydrogen) atoms. The van der Waals surface area contributed by atoms with Crippen LogP contribution in [0.5, 0.6) is 0 Å². The quantitative estimate of drug-likeness (QED) is 0.406. The van der Waals surface area contributed by atoms with Crippen molar-refractivity contribution in [3.8, 4) is 0 Å². The SMILES string of the molecule is O=C1OCC2=CCC(Cl)C=C12. The van der Waals surface area contributed by atoms with E-state index < -0.39 is 0 Å². The number of alkyl halides is 1. The molecule has 1 fully saturated rings. The molecule has 2 aliphatic rings. The summed E-state index contributed by atoms with van der Waals surface area (Å²) in [4.78, 5) is 11.0. The highest BCUT2D eigenvalue weighted by atomic mass is 35.5. The molecule has 0 saturated carbocycles. The van der Waals surface area contributed by atoms with Gasteiger partial charge in [-0.3, -0.25) is 0 Å². The lowest BCUT2D eigenvalue weighted by molar-refractivity contribution is -0.135. The van der Waals surface area contributed by atoms with Gasteiger partial charge in [0.1, 0.15) is 6.61 Å². The van der Waals surface area contributed by atoms with E-state index in [1.807, 2.05) is 6.08 Å². The summed E-state index contributed by atoms with van der Waals surface area (Å²) in [5.74, 6) is -0.235. The Balaban J connectivity index is 2.37. The first-order valence-electron chi connectivity index (χ1n) is 3.50. The maximum Gasteiger partial charge on any atom is 0.338 e. The molecule has 0 aromatic carbocycles. The van der Waals surface area contributed by atoms with E-state index in [0.717, 1.165) is 12.0 Å². The van der Waals surface area contributed by atoms with Crippen LogP contribution in [0.1, 0.15) is 6.42 Å². The van der Waals surface area contributed by atoms with E-state index in [1.165, 1.54) is 0 Å². The molecule has 1 aliphatic carbocycles. The van der Waals surface area contributed by atoms with Gasteiger partial charge in [-0.25, -0.2) is 4.79 Å². The molecule has 3 heteroatoms. The number of ether oxygens (including phenoxy) is 1. The topological polar surface area (TPSA) is 26.3 Å². The normalized spacial score (nSPS) is 28.8. The fourth-order valence-electron chi connectivity index (χ4n) is 1.28. The van der Waals surface area contributed by atoms with E-state index in [9.17, 15) is 4.79 Å². The van der Waals surface area contributed by atoms with Crippen molar-refractivity contribution < 1.29 is 9.53 Å². The van der Waals surface area contributed by atoms with E-state index >= 15 is 0 Å². The second-order valence-electron chi connectivity index (χ2n) is 2.64. The number of cyclic esters (lactones) is 1. The fraction of sp³-hybridized carbons (Fsp3) is 0.375. The van der Waals surface area contributed by atoms with Crippen molar-refractivity contribution >= 4 is 17.6 Å². The monoisotopic (exact) mass is 170 g/mol. The summed E-state index contributed by atoms with van der Waals surface area (Å²) in [5.41, 5.74) is 1.66. The Morgan fingerprint density at radius 1 is 1.64 bits per heavy atom. The van der Waals surface area contributed by atoms with Crippen LogP contribution in [0.4, 0.5) is 0 Å². The minimum atomic E-state index is -0.235. The zero-order valence-electron chi connectivity index (χ0n) is 5.84. The standard InChI is InChI=1S/C8H7ClO2/c9-6-2-1-5-4-11-8(10)7(5)3-6/h1,3,6H,2,4H2. The first-order chi connectivity index (χ1) is 5.27. The van der Waals surface area contributed by atoms with Gasteiger partial charge in [0.05, 0.1) is 11.0 Å². The average Bonchev–Trinajstić information content (AvgIpc) is 2.33. The van der Waals surface area contributed by atoms with Gasteiger partial charge in [0.15, 0.2) is 0 Å². The number of esters is 1. The largest absolute Gasteiger partial charge is 0.457 e. The first-order valence-corrected chi connectivity index (χ1v) is 3.93. The number of carbonyl (C=O) groups is 1. The van der Waals surface area contributed by atoms with Crippen LogP contribution in [0.2, 0.25) is 0 Å². The van der Waals surface area contributed by atoms with Crippen molar-refractivity contribution in [1.29, 1.82) is 0 Å². The molecule has 0 aromatic rings. The minimum Gasteiger partial charge on any atom is -0.457 e. The van der Waals surface area contributed by atoms with Crippen LogP contribution < -0.4 is 0 Å². The van der Waals surface area contributed by atoms with Crippen molar-refractivity contribution in [3.05, 3.63) is 23.3 Å². The lowest BCUT2D eigenvalue weighted by Crippen LogP contribution is -2.04. The maximum absolute atomic E-state index is 11.0. The van der Waals surface area contributed by atoms with Crippen LogP contribution in [0, 0.1) is 0 Å². The summed E-state index contributed by atoms with van der Waals surface area (Å²) < 4.78 is 4.81. The number of allylic oxidation sites excluding steroid dienone is 2. The second kappa shape index (κ2) is 2.38. The lowest BCUT2D eigenvalue weighted by atomic mass is 10.0. The van der Waals surface area contributed by atoms with Crippen LogP contribution in [0.3, 0.4) is 0 Å². The van der Waals surface area contributed by atoms with Gasteiger partial charge in [-0.15, -0.1) is 11.6 Å². The highest BCUT2D eigenvalue weighted by Gasteiger charge is 2.27. The molecule has 1 atom stereocenters. The van der Waals surface area contributed by atoms with Crippen molar-refractivity contribution in [1.82, 2.24) is 0 Å². The van der Waals surface area contributed by atoms with Gasteiger partial charge in [-0.1, -0.05) is 12.2 Å². The zero-order valence-corrected chi connectivity index (χ0v) is 6.60. The van der Waals surface area contributed by atoms with Crippen LogP contribution in [-0.4, -0.2) is 18.0 Å². The minimum absolute atomic E-state index is 0.0422. The Kier molecular flexibility index (Phi) is 1.50. The third kappa shape index (κ3) is 1.07. The second-order valence-corrected chi connectivity index (χ2v) is 3.20. The van der Waals surface area contributed by atoms with Crippen molar-refractivity contribution in [2.45, 2.75) is 11.8 Å². The third-order valence-corrected chi connectivity index (χ3v) is 2.17. The number of hydrogen-bond donors (Lipinski definition) is 0. The molecule has 2 nitrogen and oxygen atoms in total. The predicted octanol–water partition coefficient (Wildman–Crippen LogP) is 1.41. The highest BCUT2D eigenvalue weighted by molar-refractivity contribution is 6.22. The van der Waals surface area contributed by atoms with E-state index in [4.69, 9.17) is 16.3 Å². The Morgan fingerprint density at radius 2 is 2.45 bits per heavy atom. The molecule has 0 aromatic heterocycles. The summed E-state index contributed by atoms with van der Waals surface area (Å²) >= 11 is 5.82. The molecule has 1 heterocycles. The Labute approximate surface area is 69.5 Å². The Bertz CT molecular complexity index is 265. The van der Waals surface area contributed by atoms with Gasteiger partial charge in [-0.2, -0.15) is 0 Å². The van der Waals surface area contributed by atoms with Gasteiger partial charge < -0.3 is 4.74 Å². The van der Waals surface area contributed by atoms with Gasteiger partial charge in [0.2, 0.25) is 0 Å². The molecule has 0 N–H and O–H groups in total. The van der Waals surface area contributed by atoms with Crippen molar-refractivity contribution in [3.63, 3.8) is 0 Å². The van der Waals surface area contributed by atoms with E-state index in [2.05, 4.69) is 0 Å². The lowest BCUT2D eigenvalue weighted by Gasteiger charge is -2.07. The predicted molar refractivity (Wildman–Crippen MR) is 41.4 cm³/mol. The number of hydrogen-bond acceptors (Lipinski definition) is 2. The number of rotatable bonds is 0. The molecule has 58 valence electrons. The molecular weight excluding hydrogens is 164 g/mol. The molecule has 1 aliphatic heterocycles. The fourth-order valence-corrected chi connectivity index (χ4v) is 1.49. The number of carbonyl (C=O) groups excluding carboxylic acids is 1. The third-order valence-electron chi connectivity index (χ3n) is 1.86. The molecular formula is C8H7ClO2. The van der Waals surface area contributed by atoms with E-state index in [1.54, 1.807) is 6.08 Å². The van der Waals surface area contributed by atoms with Crippen molar-refractivity contribution in [2.75, 3.05) is 6.61 Å². The smallest absolute Gasteiger partial charge is 0.338 e. The van der Waals surface area contributed by atoms with E-state index in [0.29, 0.717) is 12.2 Å². The van der Waals surface area contributed by atoms with Gasteiger partial charge in [0.25, 0.3) is 0 Å². The summed E-state index contributed by atoms with van der Waals surface area (Å²) in [7, 11) is 0. The molecule has 0 amide bonds. The Morgan fingerprint density at radius 3 is 3.27 bits per heavy atom. The van der Waals surface area contributed by atoms with Crippen LogP contribution in [0.25, 0.3) is 0 Å². The zero-order chi connectivity index (χ0) is 7.84. The van der Waals surface area contributed by atoms with Gasteiger partial charge in [0, 0.05) is 0 Å². The molecule has 0 bridgehead atoms. The molecule has 0 spiro atoms.